The molecule has 0 saturated heterocycles. The van der Waals surface area contributed by atoms with Gasteiger partial charge in [-0.15, -0.1) is 0 Å². The summed E-state index contributed by atoms with van der Waals surface area (Å²) in [5.41, 5.74) is 5.66. The van der Waals surface area contributed by atoms with Gasteiger partial charge in [0, 0.05) is 24.9 Å². The van der Waals surface area contributed by atoms with E-state index in [1.165, 1.54) is 12.6 Å². The Hall–Kier alpha value is -1.89. The molecule has 21 heavy (non-hydrogen) atoms. The maximum absolute atomic E-state index is 11.5. The van der Waals surface area contributed by atoms with E-state index in [4.69, 9.17) is 10.8 Å². The zero-order valence-corrected chi connectivity index (χ0v) is 12.4. The van der Waals surface area contributed by atoms with E-state index in [0.29, 0.717) is 23.9 Å². The third-order valence-electron chi connectivity index (χ3n) is 3.80. The minimum atomic E-state index is -0.535. The predicted octanol–water partition coefficient (Wildman–Crippen LogP) is 1.11. The van der Waals surface area contributed by atoms with Gasteiger partial charge in [0.15, 0.2) is 0 Å². The first-order valence-corrected chi connectivity index (χ1v) is 7.34. The van der Waals surface area contributed by atoms with Crippen LogP contribution in [0, 0.1) is 0 Å². The van der Waals surface area contributed by atoms with Crippen molar-refractivity contribution in [3.63, 3.8) is 0 Å². The summed E-state index contributed by atoms with van der Waals surface area (Å²) in [5, 5.41) is 15.1. The van der Waals surface area contributed by atoms with Crippen LogP contribution in [-0.2, 0) is 0 Å². The summed E-state index contributed by atoms with van der Waals surface area (Å²) in [5.74, 6) is 0.417. The number of amides is 1. The highest BCUT2D eigenvalue weighted by molar-refractivity contribution is 5.97. The second kappa shape index (κ2) is 6.71. The van der Waals surface area contributed by atoms with Gasteiger partial charge in [0.25, 0.3) is 5.91 Å². The minimum Gasteiger partial charge on any atom is -0.396 e. The number of aromatic nitrogens is 2. The van der Waals surface area contributed by atoms with Crippen molar-refractivity contribution in [2.75, 3.05) is 23.8 Å². The van der Waals surface area contributed by atoms with Gasteiger partial charge < -0.3 is 21.5 Å². The molecular formula is C14H23N5O2. The van der Waals surface area contributed by atoms with Crippen LogP contribution in [0.2, 0.25) is 0 Å². The fourth-order valence-corrected chi connectivity index (χ4v) is 2.30. The van der Waals surface area contributed by atoms with Crippen molar-refractivity contribution < 1.29 is 9.90 Å². The van der Waals surface area contributed by atoms with E-state index in [1.54, 1.807) is 0 Å². The van der Waals surface area contributed by atoms with Crippen molar-refractivity contribution in [3.8, 4) is 0 Å². The predicted molar refractivity (Wildman–Crippen MR) is 81.2 cm³/mol. The molecule has 1 saturated carbocycles. The molecule has 5 N–H and O–H groups in total. The van der Waals surface area contributed by atoms with Crippen molar-refractivity contribution in [3.05, 3.63) is 11.8 Å². The lowest BCUT2D eigenvalue weighted by Gasteiger charge is -2.39. The molecule has 1 aliphatic carbocycles. The fraction of sp³-hybridized carbons (Fsp3) is 0.643. The first-order chi connectivity index (χ1) is 10.0. The molecule has 0 bridgehead atoms. The van der Waals surface area contributed by atoms with Gasteiger partial charge in [-0.1, -0.05) is 0 Å². The Kier molecular flexibility index (Phi) is 4.95. The third kappa shape index (κ3) is 4.04. The Morgan fingerprint density at radius 3 is 2.81 bits per heavy atom. The maximum atomic E-state index is 11.5. The molecule has 0 atom stereocenters. The van der Waals surface area contributed by atoms with E-state index in [0.717, 1.165) is 25.7 Å². The maximum Gasteiger partial charge on any atom is 0.254 e. The van der Waals surface area contributed by atoms with Gasteiger partial charge >= 0.3 is 0 Å². The lowest BCUT2D eigenvalue weighted by molar-refractivity contribution is 0.1000. The molecule has 0 aliphatic heterocycles. The van der Waals surface area contributed by atoms with E-state index in [9.17, 15) is 4.79 Å². The van der Waals surface area contributed by atoms with E-state index in [1.807, 2.05) is 0 Å². The summed E-state index contributed by atoms with van der Waals surface area (Å²) in [7, 11) is 0. The van der Waals surface area contributed by atoms with Crippen LogP contribution in [0.1, 0.15) is 49.4 Å². The zero-order valence-electron chi connectivity index (χ0n) is 12.4. The summed E-state index contributed by atoms with van der Waals surface area (Å²) >= 11 is 0. The van der Waals surface area contributed by atoms with Crippen molar-refractivity contribution in [2.24, 2.45) is 5.73 Å². The molecular weight excluding hydrogens is 270 g/mol. The molecule has 0 unspecified atom stereocenters. The Balaban J connectivity index is 2.08. The van der Waals surface area contributed by atoms with E-state index < -0.39 is 5.91 Å². The molecule has 1 aliphatic rings. The van der Waals surface area contributed by atoms with Crippen LogP contribution in [0.15, 0.2) is 6.20 Å². The van der Waals surface area contributed by atoms with Crippen molar-refractivity contribution in [1.82, 2.24) is 9.97 Å². The average Bonchev–Trinajstić information content (AvgIpc) is 2.42. The Morgan fingerprint density at radius 2 is 2.24 bits per heavy atom. The molecule has 0 radical (unpaired) electrons. The first kappa shape index (κ1) is 15.5. The first-order valence-electron chi connectivity index (χ1n) is 7.34. The van der Waals surface area contributed by atoms with Crippen molar-refractivity contribution in [1.29, 1.82) is 0 Å². The quantitative estimate of drug-likeness (QED) is 0.534. The van der Waals surface area contributed by atoms with Crippen LogP contribution in [-0.4, -0.2) is 39.7 Å². The number of anilines is 2. The topological polar surface area (TPSA) is 113 Å². The third-order valence-corrected chi connectivity index (χ3v) is 3.80. The molecule has 7 nitrogen and oxygen atoms in total. The van der Waals surface area contributed by atoms with Crippen LogP contribution in [0.4, 0.5) is 11.8 Å². The lowest BCUT2D eigenvalue weighted by atomic mass is 9.78. The number of carbonyl (C=O) groups excluding carboxylic acids is 1. The molecule has 116 valence electrons. The molecule has 1 fully saturated rings. The van der Waals surface area contributed by atoms with Crippen molar-refractivity contribution >= 4 is 17.7 Å². The van der Waals surface area contributed by atoms with Crippen LogP contribution in [0.25, 0.3) is 0 Å². The number of primary amides is 1. The summed E-state index contributed by atoms with van der Waals surface area (Å²) in [4.78, 5) is 19.9. The number of rotatable bonds is 8. The van der Waals surface area contributed by atoms with Gasteiger partial charge in [0.1, 0.15) is 5.82 Å². The highest BCUT2D eigenvalue weighted by Gasteiger charge is 2.33. The van der Waals surface area contributed by atoms with Gasteiger partial charge in [-0.3, -0.25) is 4.79 Å². The normalized spacial score (nSPS) is 16.1. The lowest BCUT2D eigenvalue weighted by Crippen LogP contribution is -2.42. The Bertz CT molecular complexity index is 502. The summed E-state index contributed by atoms with van der Waals surface area (Å²) < 4.78 is 0. The number of nitrogens with zero attached hydrogens (tertiary/aromatic N) is 2. The zero-order chi connectivity index (χ0) is 15.3. The largest absolute Gasteiger partial charge is 0.396 e. The average molecular weight is 293 g/mol. The number of nitrogens with one attached hydrogen (secondary N) is 2. The summed E-state index contributed by atoms with van der Waals surface area (Å²) in [6, 6.07) is 0. The van der Waals surface area contributed by atoms with E-state index in [2.05, 4.69) is 27.5 Å². The number of carbonyl (C=O) groups is 1. The van der Waals surface area contributed by atoms with Gasteiger partial charge in [0.2, 0.25) is 5.95 Å². The number of aliphatic hydroxyl groups excluding tert-OH is 1. The molecule has 1 aromatic heterocycles. The van der Waals surface area contributed by atoms with Crippen LogP contribution < -0.4 is 16.4 Å². The second-order valence-electron chi connectivity index (χ2n) is 5.72. The summed E-state index contributed by atoms with van der Waals surface area (Å²) in [6.07, 6.45) is 6.29. The van der Waals surface area contributed by atoms with E-state index in [-0.39, 0.29) is 12.1 Å². The SMILES string of the molecule is CC1(Nc2nc(NCCCCO)ncc2C(N)=O)CCC1. The van der Waals surface area contributed by atoms with Gasteiger partial charge in [-0.05, 0) is 39.0 Å². The van der Waals surface area contributed by atoms with Crippen LogP contribution in [0.3, 0.4) is 0 Å². The number of nitrogens with two attached hydrogens (primary N) is 1. The smallest absolute Gasteiger partial charge is 0.254 e. The molecule has 0 spiro atoms. The standard InChI is InChI=1S/C14H23N5O2/c1-14(5-4-6-14)19-12-10(11(15)21)9-17-13(18-12)16-7-2-3-8-20/h9,20H,2-8H2,1H3,(H2,15,21)(H2,16,17,18,19). The van der Waals surface area contributed by atoms with Gasteiger partial charge in [0.05, 0.1) is 5.56 Å². The number of hydrogen-bond acceptors (Lipinski definition) is 6. The number of aliphatic hydroxyl groups is 1. The van der Waals surface area contributed by atoms with Crippen LogP contribution >= 0.6 is 0 Å². The Labute approximate surface area is 124 Å². The summed E-state index contributed by atoms with van der Waals surface area (Å²) in [6.45, 7) is 2.96. The monoisotopic (exact) mass is 293 g/mol. The minimum absolute atomic E-state index is 0.0211. The molecule has 1 aromatic rings. The highest BCUT2D eigenvalue weighted by Crippen LogP contribution is 2.35. The van der Waals surface area contributed by atoms with E-state index >= 15 is 0 Å². The number of hydrogen-bond donors (Lipinski definition) is 4. The number of unbranched alkanes of at least 4 members (excludes halogenated alkanes) is 1. The van der Waals surface area contributed by atoms with Crippen molar-refractivity contribution in [2.45, 2.75) is 44.6 Å². The fourth-order valence-electron chi connectivity index (χ4n) is 2.30. The van der Waals surface area contributed by atoms with Crippen LogP contribution in [0.5, 0.6) is 0 Å². The highest BCUT2D eigenvalue weighted by atomic mass is 16.2. The molecule has 0 aromatic carbocycles. The molecule has 2 rings (SSSR count). The Morgan fingerprint density at radius 1 is 1.48 bits per heavy atom. The molecule has 1 amide bonds. The molecule has 7 heteroatoms. The second-order valence-corrected chi connectivity index (χ2v) is 5.72. The molecule has 1 heterocycles. The van der Waals surface area contributed by atoms with Gasteiger partial charge in [-0.2, -0.15) is 4.98 Å². The van der Waals surface area contributed by atoms with Gasteiger partial charge in [-0.25, -0.2) is 4.98 Å².